The molecule has 0 aliphatic rings. The molecule has 0 spiro atoms. The summed E-state index contributed by atoms with van der Waals surface area (Å²) in [4.78, 5) is 15.2. The number of aromatic nitrogens is 1. The van der Waals surface area contributed by atoms with Gasteiger partial charge in [0.2, 0.25) is 0 Å². The lowest BCUT2D eigenvalue weighted by Gasteiger charge is -2.18. The number of hydrogen-bond acceptors (Lipinski definition) is 3. The summed E-state index contributed by atoms with van der Waals surface area (Å²) in [5.74, 6) is 1.50. The van der Waals surface area contributed by atoms with E-state index in [-0.39, 0.29) is 0 Å². The number of pyridine rings is 1. The maximum absolute atomic E-state index is 6.62. The predicted molar refractivity (Wildman–Crippen MR) is 162 cm³/mol. The van der Waals surface area contributed by atoms with Gasteiger partial charge in [0, 0.05) is 5.02 Å². The van der Waals surface area contributed by atoms with Crippen molar-refractivity contribution in [3.63, 3.8) is 0 Å². The maximum atomic E-state index is 6.62. The third-order valence-corrected chi connectivity index (χ3v) is 6.99. The molecule has 1 aromatic heterocycles. The zero-order chi connectivity index (χ0) is 27.4. The van der Waals surface area contributed by atoms with Gasteiger partial charge in [0.05, 0.1) is 34.2 Å². The third-order valence-electron chi connectivity index (χ3n) is 6.78. The van der Waals surface area contributed by atoms with Crippen LogP contribution in [-0.4, -0.2) is 16.4 Å². The fourth-order valence-electron chi connectivity index (χ4n) is 4.60. The molecule has 1 heterocycles. The monoisotopic (exact) mass is 515 g/mol. The van der Waals surface area contributed by atoms with E-state index < -0.39 is 0 Å². The van der Waals surface area contributed by atoms with Crippen LogP contribution in [0.5, 0.6) is 0 Å². The van der Waals surface area contributed by atoms with Crippen molar-refractivity contribution in [3.05, 3.63) is 87.2 Å². The number of rotatable bonds is 8. The summed E-state index contributed by atoms with van der Waals surface area (Å²) in [6.07, 6.45) is 0. The minimum Gasteiger partial charge on any atom is -0.251 e. The first kappa shape index (κ1) is 28.8. The molecule has 3 rings (SSSR count). The molecule has 0 bridgehead atoms. The van der Waals surface area contributed by atoms with Crippen LogP contribution in [0, 0.1) is 0 Å². The Morgan fingerprint density at radius 3 is 1.16 bits per heavy atom. The summed E-state index contributed by atoms with van der Waals surface area (Å²) in [7, 11) is 0. The van der Waals surface area contributed by atoms with E-state index >= 15 is 0 Å². The van der Waals surface area contributed by atoms with Gasteiger partial charge in [-0.15, -0.1) is 0 Å². The summed E-state index contributed by atoms with van der Waals surface area (Å²) in [5, 5.41) is 0.631. The van der Waals surface area contributed by atoms with Crippen molar-refractivity contribution in [1.82, 2.24) is 4.98 Å². The van der Waals surface area contributed by atoms with Crippen LogP contribution in [0.3, 0.4) is 0 Å². The van der Waals surface area contributed by atoms with Crippen molar-refractivity contribution >= 4 is 34.4 Å². The first-order valence-electron chi connectivity index (χ1n) is 13.4. The predicted octanol–water partition coefficient (Wildman–Crippen LogP) is 10.5. The average Bonchev–Trinajstić information content (AvgIpc) is 2.83. The Balaban J connectivity index is 2.14. The van der Waals surface area contributed by atoms with Gasteiger partial charge in [-0.1, -0.05) is 103 Å². The number of hydrogen-bond donors (Lipinski definition) is 0. The zero-order valence-corrected chi connectivity index (χ0v) is 24.9. The van der Waals surface area contributed by atoms with E-state index in [1.54, 1.807) is 0 Å². The van der Waals surface area contributed by atoms with Crippen LogP contribution in [0.4, 0.5) is 11.4 Å². The van der Waals surface area contributed by atoms with Crippen molar-refractivity contribution in [2.24, 2.45) is 9.98 Å². The van der Waals surface area contributed by atoms with Crippen LogP contribution in [0.25, 0.3) is 0 Å². The molecule has 4 heteroatoms. The first-order valence-corrected chi connectivity index (χ1v) is 13.8. The molecule has 0 saturated carbocycles. The highest BCUT2D eigenvalue weighted by Crippen LogP contribution is 2.36. The normalized spacial score (nSPS) is 12.9. The lowest BCUT2D eigenvalue weighted by atomic mass is 9.93. The fourth-order valence-corrected chi connectivity index (χ4v) is 4.81. The second-order valence-electron chi connectivity index (χ2n) is 11.1. The summed E-state index contributed by atoms with van der Waals surface area (Å²) in [6, 6.07) is 16.8. The molecule has 37 heavy (non-hydrogen) atoms. The van der Waals surface area contributed by atoms with Gasteiger partial charge >= 0.3 is 0 Å². The minimum atomic E-state index is 0.374. The summed E-state index contributed by atoms with van der Waals surface area (Å²) >= 11 is 6.62. The van der Waals surface area contributed by atoms with Gasteiger partial charge in [-0.05, 0) is 71.9 Å². The number of halogens is 1. The van der Waals surface area contributed by atoms with Crippen molar-refractivity contribution in [1.29, 1.82) is 0 Å². The summed E-state index contributed by atoms with van der Waals surface area (Å²) in [6.45, 7) is 21.7. The van der Waals surface area contributed by atoms with Gasteiger partial charge in [0.25, 0.3) is 0 Å². The Bertz CT molecular complexity index is 1160. The molecule has 0 fully saturated rings. The molecule has 0 aliphatic carbocycles. The lowest BCUT2D eigenvalue weighted by molar-refractivity contribution is 0.834. The van der Waals surface area contributed by atoms with E-state index in [4.69, 9.17) is 26.6 Å². The molecular formula is C33H42ClN3. The standard InChI is InChI=1S/C33H42ClN3/c1-19(2)26-13-11-14-27(20(3)4)32(26)35-23(9)30-17-25(34)18-31(37-30)24(10)36-33-28(21(5)6)15-12-16-29(33)22(7)8/h11-22H,1-10H3. The molecule has 0 saturated heterocycles. The summed E-state index contributed by atoms with van der Waals surface area (Å²) in [5.41, 5.74) is 10.3. The Hall–Kier alpha value is -2.78. The molecule has 0 unspecified atom stereocenters. The molecule has 0 aliphatic heterocycles. The topological polar surface area (TPSA) is 37.6 Å². The Kier molecular flexibility index (Phi) is 9.47. The molecule has 3 aromatic rings. The highest BCUT2D eigenvalue weighted by molar-refractivity contribution is 6.31. The molecule has 0 atom stereocenters. The molecular weight excluding hydrogens is 474 g/mol. The SMILES string of the molecule is CC(=Nc1c(C(C)C)cccc1C(C)C)c1cc(Cl)cc(C(C)=Nc2c(C(C)C)cccc2C(C)C)n1. The second kappa shape index (κ2) is 12.2. The van der Waals surface area contributed by atoms with Gasteiger partial charge in [0.15, 0.2) is 0 Å². The highest BCUT2D eigenvalue weighted by atomic mass is 35.5. The number of para-hydroxylation sites is 2. The number of aliphatic imine (C=N–C) groups is 2. The smallest absolute Gasteiger partial charge is 0.0864 e. The van der Waals surface area contributed by atoms with E-state index in [1.807, 2.05) is 26.0 Å². The van der Waals surface area contributed by atoms with E-state index in [0.717, 1.165) is 34.2 Å². The Morgan fingerprint density at radius 2 is 0.892 bits per heavy atom. The third kappa shape index (κ3) is 6.76. The van der Waals surface area contributed by atoms with Crippen molar-refractivity contribution in [2.75, 3.05) is 0 Å². The van der Waals surface area contributed by atoms with Gasteiger partial charge in [0.1, 0.15) is 0 Å². The largest absolute Gasteiger partial charge is 0.251 e. The molecule has 0 radical (unpaired) electrons. The highest BCUT2D eigenvalue weighted by Gasteiger charge is 2.17. The molecule has 3 nitrogen and oxygen atoms in total. The number of nitrogens with zero attached hydrogens (tertiary/aromatic N) is 3. The van der Waals surface area contributed by atoms with Gasteiger partial charge in [-0.2, -0.15) is 0 Å². The van der Waals surface area contributed by atoms with E-state index in [9.17, 15) is 0 Å². The molecule has 0 amide bonds. The van der Waals surface area contributed by atoms with Crippen LogP contribution in [-0.2, 0) is 0 Å². The second-order valence-corrected chi connectivity index (χ2v) is 11.6. The number of benzene rings is 2. The van der Waals surface area contributed by atoms with Crippen molar-refractivity contribution in [2.45, 2.75) is 92.9 Å². The van der Waals surface area contributed by atoms with Crippen molar-refractivity contribution < 1.29 is 0 Å². The first-order chi connectivity index (χ1) is 17.4. The van der Waals surface area contributed by atoms with Crippen LogP contribution in [0.2, 0.25) is 5.02 Å². The Morgan fingerprint density at radius 1 is 0.595 bits per heavy atom. The van der Waals surface area contributed by atoms with Crippen LogP contribution < -0.4 is 0 Å². The van der Waals surface area contributed by atoms with Crippen molar-refractivity contribution in [3.8, 4) is 0 Å². The molecule has 0 N–H and O–H groups in total. The van der Waals surface area contributed by atoms with Gasteiger partial charge < -0.3 is 0 Å². The van der Waals surface area contributed by atoms with Crippen LogP contribution in [0.1, 0.15) is 127 Å². The van der Waals surface area contributed by atoms with Gasteiger partial charge in [-0.25, -0.2) is 4.98 Å². The van der Waals surface area contributed by atoms with E-state index in [1.165, 1.54) is 22.3 Å². The average molecular weight is 516 g/mol. The maximum Gasteiger partial charge on any atom is 0.0864 e. The van der Waals surface area contributed by atoms with Gasteiger partial charge in [-0.3, -0.25) is 9.98 Å². The molecule has 196 valence electrons. The molecule has 2 aromatic carbocycles. The lowest BCUT2D eigenvalue weighted by Crippen LogP contribution is -2.07. The van der Waals surface area contributed by atoms with E-state index in [0.29, 0.717) is 28.7 Å². The van der Waals surface area contributed by atoms with Crippen LogP contribution >= 0.6 is 11.6 Å². The Labute approximate surface area is 229 Å². The minimum absolute atomic E-state index is 0.374. The summed E-state index contributed by atoms with van der Waals surface area (Å²) < 4.78 is 0. The zero-order valence-electron chi connectivity index (χ0n) is 24.1. The van der Waals surface area contributed by atoms with Crippen LogP contribution in [0.15, 0.2) is 58.5 Å². The quantitative estimate of drug-likeness (QED) is 0.275. The fraction of sp³-hybridized carbons (Fsp3) is 0.424. The van der Waals surface area contributed by atoms with E-state index in [2.05, 4.69) is 91.8 Å².